The van der Waals surface area contributed by atoms with Gasteiger partial charge in [0.05, 0.1) is 18.1 Å². The molecule has 1 aliphatic heterocycles. The Morgan fingerprint density at radius 2 is 2.22 bits per heavy atom. The van der Waals surface area contributed by atoms with Crippen LogP contribution in [0.3, 0.4) is 0 Å². The molecule has 1 saturated heterocycles. The Balaban J connectivity index is 2.10. The summed E-state index contributed by atoms with van der Waals surface area (Å²) in [5.74, 6) is 3.19. The molecule has 1 aromatic carbocycles. The highest BCUT2D eigenvalue weighted by Crippen LogP contribution is 2.30. The van der Waals surface area contributed by atoms with Crippen molar-refractivity contribution in [2.45, 2.75) is 12.8 Å². The Hall–Kier alpha value is -1.55. The van der Waals surface area contributed by atoms with Crippen molar-refractivity contribution in [3.8, 4) is 5.75 Å². The lowest BCUT2D eigenvalue weighted by molar-refractivity contribution is 0.415. The Bertz CT molecular complexity index is 576. The molecule has 0 amide bonds. The Labute approximate surface area is 107 Å². The summed E-state index contributed by atoms with van der Waals surface area (Å²) in [5, 5.41) is 3.44. The van der Waals surface area contributed by atoms with Crippen LogP contribution in [-0.4, -0.2) is 29.8 Å². The smallest absolute Gasteiger partial charge is 0.121 e. The highest BCUT2D eigenvalue weighted by Gasteiger charge is 2.28. The number of nitrogens with zero attached hydrogens (tertiary/aromatic N) is 2. The average Bonchev–Trinajstić information content (AvgIpc) is 2.93. The number of hydrogen-bond acceptors (Lipinski definition) is 3. The quantitative estimate of drug-likeness (QED) is 0.878. The standard InChI is InChI=1S/C14H19N3O/c1-9-7-15-8-11(9)14-16-12-6-10(18-3)4-5-13(12)17(14)2/h4-6,9,11,15H,7-8H2,1-3H3/t9-,11-/m1/s1. The minimum Gasteiger partial charge on any atom is -0.497 e. The van der Waals surface area contributed by atoms with Crippen molar-refractivity contribution >= 4 is 11.0 Å². The molecule has 1 fully saturated rings. The summed E-state index contributed by atoms with van der Waals surface area (Å²) in [6.07, 6.45) is 0. The molecule has 2 heterocycles. The normalized spacial score (nSPS) is 23.7. The van der Waals surface area contributed by atoms with Gasteiger partial charge in [0.15, 0.2) is 0 Å². The molecule has 1 N–H and O–H groups in total. The maximum Gasteiger partial charge on any atom is 0.121 e. The van der Waals surface area contributed by atoms with Crippen molar-refractivity contribution in [3.05, 3.63) is 24.0 Å². The zero-order valence-corrected chi connectivity index (χ0v) is 11.1. The molecule has 1 aliphatic rings. The molecule has 0 radical (unpaired) electrons. The Morgan fingerprint density at radius 1 is 1.39 bits per heavy atom. The van der Waals surface area contributed by atoms with E-state index in [1.165, 1.54) is 11.3 Å². The number of ether oxygens (including phenoxy) is 1. The number of benzene rings is 1. The molecular formula is C14H19N3O. The summed E-state index contributed by atoms with van der Waals surface area (Å²) >= 11 is 0. The first-order chi connectivity index (χ1) is 8.70. The largest absolute Gasteiger partial charge is 0.497 e. The van der Waals surface area contributed by atoms with Gasteiger partial charge in [0.2, 0.25) is 0 Å². The first kappa shape index (κ1) is 11.5. The van der Waals surface area contributed by atoms with Gasteiger partial charge in [-0.25, -0.2) is 4.98 Å². The van der Waals surface area contributed by atoms with Crippen LogP contribution in [-0.2, 0) is 7.05 Å². The third kappa shape index (κ3) is 1.68. The van der Waals surface area contributed by atoms with Crippen LogP contribution in [0.2, 0.25) is 0 Å². The van der Waals surface area contributed by atoms with E-state index in [1.54, 1.807) is 7.11 Å². The van der Waals surface area contributed by atoms with Gasteiger partial charge in [-0.05, 0) is 24.6 Å². The predicted octanol–water partition coefficient (Wildman–Crippen LogP) is 1.90. The predicted molar refractivity (Wildman–Crippen MR) is 72.0 cm³/mol. The van der Waals surface area contributed by atoms with E-state index < -0.39 is 0 Å². The maximum atomic E-state index is 5.26. The van der Waals surface area contributed by atoms with Gasteiger partial charge in [0.1, 0.15) is 11.6 Å². The van der Waals surface area contributed by atoms with Crippen LogP contribution in [0.1, 0.15) is 18.7 Å². The first-order valence-electron chi connectivity index (χ1n) is 6.42. The summed E-state index contributed by atoms with van der Waals surface area (Å²) < 4.78 is 7.47. The summed E-state index contributed by atoms with van der Waals surface area (Å²) in [5.41, 5.74) is 2.19. The van der Waals surface area contributed by atoms with Gasteiger partial charge in [-0.3, -0.25) is 0 Å². The van der Waals surface area contributed by atoms with Crippen molar-refractivity contribution in [2.24, 2.45) is 13.0 Å². The number of nitrogens with one attached hydrogen (secondary N) is 1. The first-order valence-corrected chi connectivity index (χ1v) is 6.42. The summed E-state index contributed by atoms with van der Waals surface area (Å²) in [4.78, 5) is 4.80. The third-order valence-electron chi connectivity index (χ3n) is 3.97. The van der Waals surface area contributed by atoms with Crippen molar-refractivity contribution in [2.75, 3.05) is 20.2 Å². The monoisotopic (exact) mass is 245 g/mol. The van der Waals surface area contributed by atoms with E-state index in [-0.39, 0.29) is 0 Å². The molecule has 0 bridgehead atoms. The van der Waals surface area contributed by atoms with Crippen LogP contribution in [0.15, 0.2) is 18.2 Å². The van der Waals surface area contributed by atoms with Gasteiger partial charge in [0, 0.05) is 25.6 Å². The zero-order valence-electron chi connectivity index (χ0n) is 11.1. The fraction of sp³-hybridized carbons (Fsp3) is 0.500. The van der Waals surface area contributed by atoms with Gasteiger partial charge < -0.3 is 14.6 Å². The van der Waals surface area contributed by atoms with Crippen LogP contribution in [0, 0.1) is 5.92 Å². The molecule has 0 unspecified atom stereocenters. The van der Waals surface area contributed by atoms with E-state index in [2.05, 4.69) is 29.9 Å². The van der Waals surface area contributed by atoms with E-state index in [4.69, 9.17) is 9.72 Å². The second-order valence-corrected chi connectivity index (χ2v) is 5.13. The lowest BCUT2D eigenvalue weighted by Crippen LogP contribution is -2.13. The van der Waals surface area contributed by atoms with E-state index >= 15 is 0 Å². The minimum absolute atomic E-state index is 0.508. The number of fused-ring (bicyclic) bond motifs is 1. The molecule has 4 nitrogen and oxygen atoms in total. The van der Waals surface area contributed by atoms with Gasteiger partial charge >= 0.3 is 0 Å². The van der Waals surface area contributed by atoms with Crippen LogP contribution in [0.5, 0.6) is 5.75 Å². The van der Waals surface area contributed by atoms with Crippen molar-refractivity contribution in [1.29, 1.82) is 0 Å². The molecule has 96 valence electrons. The van der Waals surface area contributed by atoms with Gasteiger partial charge in [-0.15, -0.1) is 0 Å². The van der Waals surface area contributed by atoms with Crippen molar-refractivity contribution in [3.63, 3.8) is 0 Å². The fourth-order valence-electron chi connectivity index (χ4n) is 2.81. The summed E-state index contributed by atoms with van der Waals surface area (Å²) in [6, 6.07) is 6.08. The van der Waals surface area contributed by atoms with E-state index in [1.807, 2.05) is 12.1 Å². The molecule has 2 aromatic rings. The lowest BCUT2D eigenvalue weighted by Gasteiger charge is -2.13. The second kappa shape index (κ2) is 4.28. The summed E-state index contributed by atoms with van der Waals surface area (Å²) in [7, 11) is 3.79. The highest BCUT2D eigenvalue weighted by atomic mass is 16.5. The number of aromatic nitrogens is 2. The number of imidazole rings is 1. The third-order valence-corrected chi connectivity index (χ3v) is 3.97. The SMILES string of the molecule is COc1ccc2c(c1)nc([C@@H]1CNC[C@H]1C)n2C. The van der Waals surface area contributed by atoms with Crippen molar-refractivity contribution < 1.29 is 4.74 Å². The molecule has 2 atom stereocenters. The van der Waals surface area contributed by atoms with Crippen LogP contribution >= 0.6 is 0 Å². The molecule has 4 heteroatoms. The summed E-state index contributed by atoms with van der Waals surface area (Å²) in [6.45, 7) is 4.39. The van der Waals surface area contributed by atoms with E-state index in [0.29, 0.717) is 11.8 Å². The second-order valence-electron chi connectivity index (χ2n) is 5.13. The average molecular weight is 245 g/mol. The van der Waals surface area contributed by atoms with Gasteiger partial charge in [0.25, 0.3) is 0 Å². The molecule has 3 rings (SSSR count). The number of hydrogen-bond donors (Lipinski definition) is 1. The Kier molecular flexibility index (Phi) is 2.74. The van der Waals surface area contributed by atoms with Crippen LogP contribution in [0.4, 0.5) is 0 Å². The molecular weight excluding hydrogens is 226 g/mol. The number of aryl methyl sites for hydroxylation is 1. The van der Waals surface area contributed by atoms with E-state index in [0.717, 1.165) is 24.4 Å². The van der Waals surface area contributed by atoms with E-state index in [9.17, 15) is 0 Å². The highest BCUT2D eigenvalue weighted by molar-refractivity contribution is 5.77. The Morgan fingerprint density at radius 3 is 2.89 bits per heavy atom. The van der Waals surface area contributed by atoms with Gasteiger partial charge in [-0.2, -0.15) is 0 Å². The molecule has 0 aliphatic carbocycles. The lowest BCUT2D eigenvalue weighted by atomic mass is 9.97. The minimum atomic E-state index is 0.508. The molecule has 0 saturated carbocycles. The topological polar surface area (TPSA) is 39.1 Å². The van der Waals surface area contributed by atoms with Crippen LogP contribution < -0.4 is 10.1 Å². The molecule has 18 heavy (non-hydrogen) atoms. The van der Waals surface area contributed by atoms with Crippen molar-refractivity contribution in [1.82, 2.24) is 14.9 Å². The molecule has 0 spiro atoms. The zero-order chi connectivity index (χ0) is 12.7. The number of methoxy groups -OCH3 is 1. The number of rotatable bonds is 2. The van der Waals surface area contributed by atoms with Crippen LogP contribution in [0.25, 0.3) is 11.0 Å². The molecule has 1 aromatic heterocycles. The maximum absolute atomic E-state index is 5.26. The van der Waals surface area contributed by atoms with Gasteiger partial charge in [-0.1, -0.05) is 6.92 Å². The fourth-order valence-corrected chi connectivity index (χ4v) is 2.81.